The molecule has 0 aliphatic rings. The number of rotatable bonds is 4. The van der Waals surface area contributed by atoms with E-state index in [2.05, 4.69) is 27.6 Å². The van der Waals surface area contributed by atoms with Crippen molar-refractivity contribution in [2.45, 2.75) is 6.92 Å². The molecule has 0 bridgehead atoms. The van der Waals surface area contributed by atoms with Gasteiger partial charge in [0.2, 0.25) is 0 Å². The van der Waals surface area contributed by atoms with Crippen LogP contribution in [0.5, 0.6) is 0 Å². The van der Waals surface area contributed by atoms with Crippen LogP contribution in [0.25, 0.3) is 11.1 Å². The maximum Gasteiger partial charge on any atom is 0.289 e. The number of hydrogen-bond acceptors (Lipinski definition) is 3. The zero-order valence-electron chi connectivity index (χ0n) is 13.3. The Morgan fingerprint density at radius 3 is 2.21 bits per heavy atom. The van der Waals surface area contributed by atoms with E-state index in [1.54, 1.807) is 24.4 Å². The highest BCUT2D eigenvalue weighted by molar-refractivity contribution is 6.00. The summed E-state index contributed by atoms with van der Waals surface area (Å²) in [5.41, 5.74) is 6.87. The molecule has 118 valence electrons. The minimum atomic E-state index is -0.323. The molecule has 0 unspecified atom stereocenters. The van der Waals surface area contributed by atoms with Crippen molar-refractivity contribution in [1.29, 1.82) is 0 Å². The number of pyridine rings is 1. The van der Waals surface area contributed by atoms with Crippen LogP contribution in [0, 0.1) is 0 Å². The second-order valence-electron chi connectivity index (χ2n) is 5.30. The molecular formula is C20H17N3O. The largest absolute Gasteiger partial charge is 0.289 e. The number of amides is 1. The van der Waals surface area contributed by atoms with Gasteiger partial charge in [-0.1, -0.05) is 60.7 Å². The second kappa shape index (κ2) is 7.33. The first kappa shape index (κ1) is 15.6. The predicted molar refractivity (Wildman–Crippen MR) is 95.8 cm³/mol. The van der Waals surface area contributed by atoms with Gasteiger partial charge in [-0.3, -0.25) is 9.78 Å². The molecule has 3 rings (SSSR count). The van der Waals surface area contributed by atoms with Gasteiger partial charge in [0.1, 0.15) is 5.69 Å². The van der Waals surface area contributed by atoms with Crippen molar-refractivity contribution in [3.8, 4) is 11.1 Å². The van der Waals surface area contributed by atoms with E-state index < -0.39 is 0 Å². The highest BCUT2D eigenvalue weighted by Gasteiger charge is 2.05. The molecule has 1 amide bonds. The SMILES string of the molecule is C/C(=N/NC(=O)c1ccccn1)c1ccc(-c2ccccc2)cc1. The lowest BCUT2D eigenvalue weighted by Crippen LogP contribution is -2.20. The number of aromatic nitrogens is 1. The van der Waals surface area contributed by atoms with Crippen LogP contribution in [-0.2, 0) is 0 Å². The molecule has 4 nitrogen and oxygen atoms in total. The molecule has 1 heterocycles. The van der Waals surface area contributed by atoms with E-state index in [0.717, 1.165) is 16.8 Å². The molecule has 0 aliphatic heterocycles. The Kier molecular flexibility index (Phi) is 4.77. The highest BCUT2D eigenvalue weighted by Crippen LogP contribution is 2.19. The lowest BCUT2D eigenvalue weighted by molar-refractivity contribution is 0.0950. The van der Waals surface area contributed by atoms with E-state index >= 15 is 0 Å². The van der Waals surface area contributed by atoms with Gasteiger partial charge in [0.25, 0.3) is 5.91 Å². The van der Waals surface area contributed by atoms with E-state index in [9.17, 15) is 4.79 Å². The van der Waals surface area contributed by atoms with Gasteiger partial charge in [-0.25, -0.2) is 5.43 Å². The number of benzene rings is 2. The summed E-state index contributed by atoms with van der Waals surface area (Å²) in [6.07, 6.45) is 1.58. The lowest BCUT2D eigenvalue weighted by atomic mass is 10.0. The minimum Gasteiger partial charge on any atom is -0.266 e. The second-order valence-corrected chi connectivity index (χ2v) is 5.30. The number of hydrazone groups is 1. The summed E-state index contributed by atoms with van der Waals surface area (Å²) < 4.78 is 0. The quantitative estimate of drug-likeness (QED) is 0.586. The third-order valence-electron chi connectivity index (χ3n) is 3.63. The van der Waals surface area contributed by atoms with Crippen molar-refractivity contribution < 1.29 is 4.79 Å². The Morgan fingerprint density at radius 2 is 1.54 bits per heavy atom. The fourth-order valence-electron chi connectivity index (χ4n) is 2.29. The van der Waals surface area contributed by atoms with Gasteiger partial charge in [-0.15, -0.1) is 0 Å². The molecule has 0 saturated heterocycles. The van der Waals surface area contributed by atoms with Crippen molar-refractivity contribution in [2.24, 2.45) is 5.10 Å². The van der Waals surface area contributed by atoms with Gasteiger partial charge in [0.05, 0.1) is 5.71 Å². The standard InChI is InChI=1S/C20H17N3O/c1-15(22-23-20(24)19-9-5-6-14-21-19)16-10-12-18(13-11-16)17-7-3-2-4-8-17/h2-14H,1H3,(H,23,24)/b22-15-. The maximum absolute atomic E-state index is 11.9. The third kappa shape index (κ3) is 3.73. The average molecular weight is 315 g/mol. The van der Waals surface area contributed by atoms with Crippen LogP contribution in [0.2, 0.25) is 0 Å². The predicted octanol–water partition coefficient (Wildman–Crippen LogP) is 3.90. The van der Waals surface area contributed by atoms with Crippen molar-refractivity contribution in [2.75, 3.05) is 0 Å². The van der Waals surface area contributed by atoms with E-state index in [1.807, 2.05) is 49.4 Å². The van der Waals surface area contributed by atoms with Crippen molar-refractivity contribution in [1.82, 2.24) is 10.4 Å². The number of nitrogens with one attached hydrogen (secondary N) is 1. The number of carbonyl (C=O) groups excluding carboxylic acids is 1. The molecule has 2 aromatic carbocycles. The Balaban J connectivity index is 1.71. The van der Waals surface area contributed by atoms with Crippen LogP contribution < -0.4 is 5.43 Å². The maximum atomic E-state index is 11.9. The number of nitrogens with zero attached hydrogens (tertiary/aromatic N) is 2. The van der Waals surface area contributed by atoms with Crippen LogP contribution in [0.15, 0.2) is 84.1 Å². The first-order chi connectivity index (χ1) is 11.7. The van der Waals surface area contributed by atoms with Crippen LogP contribution in [0.1, 0.15) is 23.0 Å². The summed E-state index contributed by atoms with van der Waals surface area (Å²) >= 11 is 0. The van der Waals surface area contributed by atoms with E-state index in [0.29, 0.717) is 5.69 Å². The summed E-state index contributed by atoms with van der Waals surface area (Å²) in [4.78, 5) is 15.9. The molecule has 0 radical (unpaired) electrons. The minimum absolute atomic E-state index is 0.323. The molecule has 1 N–H and O–H groups in total. The summed E-state index contributed by atoms with van der Waals surface area (Å²) in [6, 6.07) is 23.4. The van der Waals surface area contributed by atoms with Gasteiger partial charge in [-0.2, -0.15) is 5.10 Å². The van der Waals surface area contributed by atoms with Crippen molar-refractivity contribution in [3.05, 3.63) is 90.3 Å². The van der Waals surface area contributed by atoms with Crippen LogP contribution in [0.4, 0.5) is 0 Å². The molecule has 0 atom stereocenters. The average Bonchev–Trinajstić information content (AvgIpc) is 2.67. The zero-order chi connectivity index (χ0) is 16.8. The van der Waals surface area contributed by atoms with E-state index in [1.165, 1.54) is 5.56 Å². The van der Waals surface area contributed by atoms with Crippen LogP contribution >= 0.6 is 0 Å². The molecule has 4 heteroatoms. The van der Waals surface area contributed by atoms with Crippen LogP contribution in [-0.4, -0.2) is 16.6 Å². The number of carbonyl (C=O) groups is 1. The molecule has 0 aliphatic carbocycles. The third-order valence-corrected chi connectivity index (χ3v) is 3.63. The normalized spacial score (nSPS) is 11.1. The summed E-state index contributed by atoms with van der Waals surface area (Å²) in [5, 5.41) is 4.15. The summed E-state index contributed by atoms with van der Waals surface area (Å²) in [7, 11) is 0. The summed E-state index contributed by atoms with van der Waals surface area (Å²) in [5.74, 6) is -0.323. The molecule has 3 aromatic rings. The molecular weight excluding hydrogens is 298 g/mol. The zero-order valence-corrected chi connectivity index (χ0v) is 13.3. The molecule has 24 heavy (non-hydrogen) atoms. The Bertz CT molecular complexity index is 841. The number of hydrogen-bond donors (Lipinski definition) is 1. The molecule has 0 fully saturated rings. The van der Waals surface area contributed by atoms with Gasteiger partial charge in [-0.05, 0) is 35.7 Å². The van der Waals surface area contributed by atoms with Gasteiger partial charge in [0, 0.05) is 6.20 Å². The molecule has 0 spiro atoms. The van der Waals surface area contributed by atoms with E-state index in [-0.39, 0.29) is 5.91 Å². The highest BCUT2D eigenvalue weighted by atomic mass is 16.2. The van der Waals surface area contributed by atoms with Gasteiger partial charge in [0.15, 0.2) is 0 Å². The Hall–Kier alpha value is -3.27. The van der Waals surface area contributed by atoms with Crippen LogP contribution in [0.3, 0.4) is 0 Å². The van der Waals surface area contributed by atoms with Gasteiger partial charge >= 0.3 is 0 Å². The van der Waals surface area contributed by atoms with Crippen molar-refractivity contribution in [3.63, 3.8) is 0 Å². The lowest BCUT2D eigenvalue weighted by Gasteiger charge is -2.05. The topological polar surface area (TPSA) is 54.4 Å². The fourth-order valence-corrected chi connectivity index (χ4v) is 2.29. The first-order valence-electron chi connectivity index (χ1n) is 7.65. The monoisotopic (exact) mass is 315 g/mol. The molecule has 1 aromatic heterocycles. The van der Waals surface area contributed by atoms with Gasteiger partial charge < -0.3 is 0 Å². The first-order valence-corrected chi connectivity index (χ1v) is 7.65. The van der Waals surface area contributed by atoms with Crippen molar-refractivity contribution >= 4 is 11.6 Å². The Morgan fingerprint density at radius 1 is 0.875 bits per heavy atom. The molecule has 0 saturated carbocycles. The smallest absolute Gasteiger partial charge is 0.266 e. The Labute approximate surface area is 140 Å². The summed E-state index contributed by atoms with van der Waals surface area (Å²) in [6.45, 7) is 1.86. The fraction of sp³-hybridized carbons (Fsp3) is 0.0500. The van der Waals surface area contributed by atoms with E-state index in [4.69, 9.17) is 0 Å².